The minimum absolute atomic E-state index is 0.0368. The van der Waals surface area contributed by atoms with Crippen LogP contribution in [0.5, 0.6) is 11.5 Å². The van der Waals surface area contributed by atoms with E-state index < -0.39 is 0 Å². The molecule has 0 fully saturated rings. The van der Waals surface area contributed by atoms with Gasteiger partial charge in [0.25, 0.3) is 0 Å². The van der Waals surface area contributed by atoms with E-state index >= 15 is 0 Å². The van der Waals surface area contributed by atoms with Gasteiger partial charge in [0, 0.05) is 6.07 Å². The second kappa shape index (κ2) is 4.75. The van der Waals surface area contributed by atoms with E-state index in [-0.39, 0.29) is 28.2 Å². The predicted molar refractivity (Wildman–Crippen MR) is 66.5 cm³/mol. The fourth-order valence-electron chi connectivity index (χ4n) is 1.83. The van der Waals surface area contributed by atoms with E-state index in [1.54, 1.807) is 19.1 Å². The van der Waals surface area contributed by atoms with Gasteiger partial charge in [0.15, 0.2) is 11.5 Å². The van der Waals surface area contributed by atoms with Crippen molar-refractivity contribution in [1.82, 2.24) is 0 Å². The average Bonchev–Trinajstić information content (AvgIpc) is 2.84. The highest BCUT2D eigenvalue weighted by Crippen LogP contribution is 2.40. The summed E-state index contributed by atoms with van der Waals surface area (Å²) in [5.41, 5.74) is 0.446. The number of benzene rings is 1. The van der Waals surface area contributed by atoms with Gasteiger partial charge in [-0.1, -0.05) is 0 Å². The van der Waals surface area contributed by atoms with Gasteiger partial charge in [-0.15, -0.1) is 0 Å². The van der Waals surface area contributed by atoms with Crippen LogP contribution in [0.3, 0.4) is 0 Å². The third-order valence-corrected chi connectivity index (χ3v) is 2.70. The molecule has 0 saturated heterocycles. The summed E-state index contributed by atoms with van der Waals surface area (Å²) in [6.45, 7) is 1.75. The largest absolute Gasteiger partial charge is 0.503 e. The lowest BCUT2D eigenvalue weighted by Gasteiger charge is -2.10. The predicted octanol–water partition coefficient (Wildman–Crippen LogP) is 2.71. The lowest BCUT2D eigenvalue weighted by Crippen LogP contribution is -1.94. The molecular formula is C14H10N2O3. The van der Waals surface area contributed by atoms with Crippen molar-refractivity contribution in [3.63, 3.8) is 0 Å². The molecule has 1 aromatic carbocycles. The molecule has 1 N–H and O–H groups in total. The van der Waals surface area contributed by atoms with Gasteiger partial charge >= 0.3 is 0 Å². The zero-order valence-corrected chi connectivity index (χ0v) is 10.4. The Morgan fingerprint density at radius 3 is 2.47 bits per heavy atom. The zero-order chi connectivity index (χ0) is 14.0. The number of ether oxygens (including phenoxy) is 1. The maximum absolute atomic E-state index is 9.96. The van der Waals surface area contributed by atoms with Gasteiger partial charge < -0.3 is 14.3 Å². The van der Waals surface area contributed by atoms with E-state index in [0.717, 1.165) is 0 Å². The van der Waals surface area contributed by atoms with Crippen LogP contribution in [0.2, 0.25) is 0 Å². The minimum Gasteiger partial charge on any atom is -0.503 e. The van der Waals surface area contributed by atoms with E-state index in [9.17, 15) is 15.6 Å². The zero-order valence-electron chi connectivity index (χ0n) is 10.4. The molecule has 1 aromatic heterocycles. The fraction of sp³-hybridized carbons (Fsp3) is 0.143. The highest BCUT2D eigenvalue weighted by atomic mass is 16.5. The van der Waals surface area contributed by atoms with Gasteiger partial charge in [-0.3, -0.25) is 0 Å². The molecule has 0 aliphatic heterocycles. The molecule has 0 unspecified atom stereocenters. The number of aryl methyl sites for hydroxylation is 1. The SMILES string of the molecule is COc1cc(C#N)c(-c2ccc(C)o2)c(C#N)c1O. The fourth-order valence-corrected chi connectivity index (χ4v) is 1.83. The Balaban J connectivity index is 2.83. The van der Waals surface area contributed by atoms with Crippen molar-refractivity contribution in [1.29, 1.82) is 10.5 Å². The van der Waals surface area contributed by atoms with Crippen molar-refractivity contribution >= 4 is 0 Å². The number of hydrogen-bond donors (Lipinski definition) is 1. The van der Waals surface area contributed by atoms with Crippen LogP contribution in [0, 0.1) is 29.6 Å². The third-order valence-electron chi connectivity index (χ3n) is 2.70. The van der Waals surface area contributed by atoms with Gasteiger partial charge in [0.1, 0.15) is 29.2 Å². The summed E-state index contributed by atoms with van der Waals surface area (Å²) in [7, 11) is 1.36. The first kappa shape index (κ1) is 12.5. The first-order valence-corrected chi connectivity index (χ1v) is 5.43. The van der Waals surface area contributed by atoms with Crippen molar-refractivity contribution < 1.29 is 14.3 Å². The molecule has 5 heteroatoms. The number of methoxy groups -OCH3 is 1. The van der Waals surface area contributed by atoms with E-state index in [0.29, 0.717) is 11.5 Å². The Kier molecular flexibility index (Phi) is 3.14. The number of phenolic OH excluding ortho intramolecular Hbond substituents is 1. The number of furan rings is 1. The quantitative estimate of drug-likeness (QED) is 0.889. The summed E-state index contributed by atoms with van der Waals surface area (Å²) >= 11 is 0. The molecule has 19 heavy (non-hydrogen) atoms. The Bertz CT molecular complexity index is 718. The number of phenols is 1. The number of hydrogen-bond acceptors (Lipinski definition) is 5. The average molecular weight is 254 g/mol. The molecular weight excluding hydrogens is 244 g/mol. The molecule has 0 amide bonds. The smallest absolute Gasteiger partial charge is 0.176 e. The highest BCUT2D eigenvalue weighted by Gasteiger charge is 2.21. The van der Waals surface area contributed by atoms with E-state index in [1.807, 2.05) is 12.1 Å². The van der Waals surface area contributed by atoms with Gasteiger partial charge in [0.05, 0.1) is 18.2 Å². The monoisotopic (exact) mass is 254 g/mol. The number of nitrogens with zero attached hydrogens (tertiary/aromatic N) is 2. The van der Waals surface area contributed by atoms with Crippen molar-refractivity contribution in [3.05, 3.63) is 35.1 Å². The van der Waals surface area contributed by atoms with Crippen molar-refractivity contribution in [2.24, 2.45) is 0 Å². The molecule has 1 heterocycles. The lowest BCUT2D eigenvalue weighted by atomic mass is 9.98. The molecule has 0 bridgehead atoms. The summed E-state index contributed by atoms with van der Waals surface area (Å²) in [6.07, 6.45) is 0. The molecule has 0 spiro atoms. The van der Waals surface area contributed by atoms with Gasteiger partial charge in [-0.2, -0.15) is 10.5 Å². The second-order valence-electron chi connectivity index (χ2n) is 3.86. The number of aromatic hydroxyl groups is 1. The standard InChI is InChI=1S/C14H10N2O3/c1-8-3-4-11(19-8)13-9(6-15)5-12(18-2)14(17)10(13)7-16/h3-5,17H,1-2H3. The summed E-state index contributed by atoms with van der Waals surface area (Å²) in [5.74, 6) is 0.801. The van der Waals surface area contributed by atoms with E-state index in [1.165, 1.54) is 13.2 Å². The number of rotatable bonds is 2. The van der Waals surface area contributed by atoms with Crippen molar-refractivity contribution in [3.8, 4) is 35.0 Å². The lowest BCUT2D eigenvalue weighted by molar-refractivity contribution is 0.372. The molecule has 2 rings (SSSR count). The molecule has 94 valence electrons. The van der Waals surface area contributed by atoms with Crippen LogP contribution in [0.25, 0.3) is 11.3 Å². The molecule has 0 saturated carbocycles. The Hall–Kier alpha value is -2.92. The van der Waals surface area contributed by atoms with Crippen LogP contribution in [0.4, 0.5) is 0 Å². The summed E-state index contributed by atoms with van der Waals surface area (Å²) in [6, 6.07) is 8.61. The van der Waals surface area contributed by atoms with Crippen LogP contribution in [-0.2, 0) is 0 Å². The van der Waals surface area contributed by atoms with Gasteiger partial charge in [0.2, 0.25) is 0 Å². The molecule has 0 atom stereocenters. The molecule has 0 aliphatic rings. The summed E-state index contributed by atoms with van der Waals surface area (Å²) in [4.78, 5) is 0. The van der Waals surface area contributed by atoms with Crippen LogP contribution in [0.1, 0.15) is 16.9 Å². The van der Waals surface area contributed by atoms with E-state index in [4.69, 9.17) is 9.15 Å². The Morgan fingerprint density at radius 1 is 1.26 bits per heavy atom. The first-order chi connectivity index (χ1) is 9.12. The molecule has 5 nitrogen and oxygen atoms in total. The topological polar surface area (TPSA) is 90.2 Å². The van der Waals surface area contributed by atoms with Crippen LogP contribution < -0.4 is 4.74 Å². The second-order valence-corrected chi connectivity index (χ2v) is 3.86. The van der Waals surface area contributed by atoms with Crippen LogP contribution >= 0.6 is 0 Å². The van der Waals surface area contributed by atoms with Gasteiger partial charge in [-0.05, 0) is 19.1 Å². The highest BCUT2D eigenvalue weighted by molar-refractivity contribution is 5.78. The van der Waals surface area contributed by atoms with Crippen molar-refractivity contribution in [2.45, 2.75) is 6.92 Å². The maximum Gasteiger partial charge on any atom is 0.176 e. The minimum atomic E-state index is -0.298. The Morgan fingerprint density at radius 2 is 2.00 bits per heavy atom. The van der Waals surface area contributed by atoms with Crippen LogP contribution in [-0.4, -0.2) is 12.2 Å². The normalized spacial score (nSPS) is 9.68. The summed E-state index contributed by atoms with van der Waals surface area (Å²) in [5, 5.41) is 28.3. The van der Waals surface area contributed by atoms with Gasteiger partial charge in [-0.25, -0.2) is 0 Å². The molecule has 0 aliphatic carbocycles. The number of nitriles is 2. The Labute approximate surface area is 109 Å². The maximum atomic E-state index is 9.96. The van der Waals surface area contributed by atoms with E-state index in [2.05, 4.69) is 0 Å². The van der Waals surface area contributed by atoms with Crippen molar-refractivity contribution in [2.75, 3.05) is 7.11 Å². The third kappa shape index (κ3) is 1.98. The summed E-state index contributed by atoms with van der Waals surface area (Å²) < 4.78 is 10.4. The molecule has 0 radical (unpaired) electrons. The molecule has 2 aromatic rings. The van der Waals surface area contributed by atoms with Crippen LogP contribution in [0.15, 0.2) is 22.6 Å². The first-order valence-electron chi connectivity index (χ1n) is 5.43.